The van der Waals surface area contributed by atoms with Crippen LogP contribution < -0.4 is 11.1 Å². The van der Waals surface area contributed by atoms with Crippen molar-refractivity contribution in [3.8, 4) is 0 Å². The minimum atomic E-state index is -1.21. The molecule has 0 aromatic rings. The molecule has 0 aromatic heterocycles. The second-order valence-electron chi connectivity index (χ2n) is 4.96. The molecule has 0 aliphatic heterocycles. The van der Waals surface area contributed by atoms with Crippen LogP contribution in [0.3, 0.4) is 0 Å². The highest BCUT2D eigenvalue weighted by molar-refractivity contribution is 5.85. The zero-order valence-corrected chi connectivity index (χ0v) is 10.7. The van der Waals surface area contributed by atoms with Crippen molar-refractivity contribution in [1.82, 2.24) is 5.32 Å². The molecule has 108 valence electrons. The molecule has 1 fully saturated rings. The maximum Gasteiger partial charge on any atom is 0.326 e. The second-order valence-corrected chi connectivity index (χ2v) is 4.96. The maximum absolute atomic E-state index is 11.9. The standard InChI is InChI=1S/C12H20N2O5/c13-8-3-1-2-7(6-8)11(17)14-9(12(18)19)4-5-10(15)16/h7-9H,1-6,13H2,(H,14,17)(H,15,16)(H,18,19)/t7?,8?,9-/m0/s1. The van der Waals surface area contributed by atoms with Gasteiger partial charge in [0.25, 0.3) is 0 Å². The van der Waals surface area contributed by atoms with Gasteiger partial charge in [-0.3, -0.25) is 9.59 Å². The van der Waals surface area contributed by atoms with Crippen molar-refractivity contribution in [3.05, 3.63) is 0 Å². The Morgan fingerprint density at radius 1 is 1.26 bits per heavy atom. The van der Waals surface area contributed by atoms with Gasteiger partial charge in [-0.15, -0.1) is 0 Å². The number of carbonyl (C=O) groups excluding carboxylic acids is 1. The predicted molar refractivity (Wildman–Crippen MR) is 66.4 cm³/mol. The van der Waals surface area contributed by atoms with Crippen LogP contribution in [-0.4, -0.2) is 40.1 Å². The number of hydrogen-bond donors (Lipinski definition) is 4. The Morgan fingerprint density at radius 3 is 2.47 bits per heavy atom. The van der Waals surface area contributed by atoms with Gasteiger partial charge in [0.15, 0.2) is 0 Å². The molecule has 3 atom stereocenters. The lowest BCUT2D eigenvalue weighted by Gasteiger charge is -2.26. The van der Waals surface area contributed by atoms with Gasteiger partial charge in [-0.1, -0.05) is 6.42 Å². The molecule has 1 rings (SSSR count). The fourth-order valence-electron chi connectivity index (χ4n) is 2.28. The Kier molecular flexibility index (Phi) is 5.75. The van der Waals surface area contributed by atoms with Gasteiger partial charge in [-0.05, 0) is 25.7 Å². The summed E-state index contributed by atoms with van der Waals surface area (Å²) < 4.78 is 0. The summed E-state index contributed by atoms with van der Waals surface area (Å²) in [6.07, 6.45) is 2.58. The molecule has 1 saturated carbocycles. The molecule has 0 radical (unpaired) electrons. The predicted octanol–water partition coefficient (Wildman–Crippen LogP) is -0.0619. The van der Waals surface area contributed by atoms with E-state index in [9.17, 15) is 14.4 Å². The van der Waals surface area contributed by atoms with Gasteiger partial charge in [0.1, 0.15) is 6.04 Å². The van der Waals surface area contributed by atoms with Gasteiger partial charge in [0.05, 0.1) is 0 Å². The third-order valence-corrected chi connectivity index (χ3v) is 3.35. The Morgan fingerprint density at radius 2 is 1.95 bits per heavy atom. The molecule has 19 heavy (non-hydrogen) atoms. The normalized spacial score (nSPS) is 24.5. The van der Waals surface area contributed by atoms with E-state index in [4.69, 9.17) is 15.9 Å². The molecule has 0 heterocycles. The highest BCUT2D eigenvalue weighted by atomic mass is 16.4. The fraction of sp³-hybridized carbons (Fsp3) is 0.750. The van der Waals surface area contributed by atoms with E-state index in [1.165, 1.54) is 0 Å². The summed E-state index contributed by atoms with van der Waals surface area (Å²) in [4.78, 5) is 33.3. The highest BCUT2D eigenvalue weighted by Gasteiger charge is 2.28. The van der Waals surface area contributed by atoms with Gasteiger partial charge in [0, 0.05) is 18.4 Å². The first kappa shape index (κ1) is 15.4. The number of rotatable bonds is 6. The molecule has 0 saturated heterocycles. The minimum absolute atomic E-state index is 0.0215. The molecule has 0 spiro atoms. The summed E-state index contributed by atoms with van der Waals surface area (Å²) in [5.41, 5.74) is 5.78. The van der Waals surface area contributed by atoms with Gasteiger partial charge < -0.3 is 21.3 Å². The monoisotopic (exact) mass is 272 g/mol. The number of carboxylic acids is 2. The number of amides is 1. The van der Waals surface area contributed by atoms with Crippen molar-refractivity contribution in [1.29, 1.82) is 0 Å². The number of carbonyl (C=O) groups is 3. The topological polar surface area (TPSA) is 130 Å². The van der Waals surface area contributed by atoms with Crippen LogP contribution >= 0.6 is 0 Å². The van der Waals surface area contributed by atoms with Crippen molar-refractivity contribution < 1.29 is 24.6 Å². The lowest BCUT2D eigenvalue weighted by atomic mass is 9.85. The average molecular weight is 272 g/mol. The van der Waals surface area contributed by atoms with Crippen LogP contribution in [-0.2, 0) is 14.4 Å². The highest BCUT2D eigenvalue weighted by Crippen LogP contribution is 2.23. The van der Waals surface area contributed by atoms with E-state index < -0.39 is 18.0 Å². The number of hydrogen-bond acceptors (Lipinski definition) is 4. The lowest BCUT2D eigenvalue weighted by molar-refractivity contribution is -0.143. The SMILES string of the molecule is NC1CCCC(C(=O)N[C@@H](CCC(=O)O)C(=O)O)C1. The van der Waals surface area contributed by atoms with E-state index in [1.807, 2.05) is 0 Å². The van der Waals surface area contributed by atoms with Crippen LogP contribution in [0.2, 0.25) is 0 Å². The summed E-state index contributed by atoms with van der Waals surface area (Å²) in [5, 5.41) is 19.9. The molecular formula is C12H20N2O5. The first-order valence-corrected chi connectivity index (χ1v) is 6.40. The molecule has 0 aromatic carbocycles. The third kappa shape index (κ3) is 5.25. The van der Waals surface area contributed by atoms with Crippen LogP contribution in [0.5, 0.6) is 0 Å². The fourth-order valence-corrected chi connectivity index (χ4v) is 2.28. The lowest BCUT2D eigenvalue weighted by Crippen LogP contribution is -2.45. The number of nitrogens with one attached hydrogen (secondary N) is 1. The summed E-state index contributed by atoms with van der Waals surface area (Å²) in [7, 11) is 0. The van der Waals surface area contributed by atoms with Crippen LogP contribution in [0.1, 0.15) is 38.5 Å². The van der Waals surface area contributed by atoms with E-state index in [2.05, 4.69) is 5.32 Å². The quantitative estimate of drug-likeness (QED) is 0.536. The van der Waals surface area contributed by atoms with Gasteiger partial charge >= 0.3 is 11.9 Å². The van der Waals surface area contributed by atoms with Gasteiger partial charge in [0.2, 0.25) is 5.91 Å². The minimum Gasteiger partial charge on any atom is -0.481 e. The van der Waals surface area contributed by atoms with Crippen LogP contribution in [0.15, 0.2) is 0 Å². The average Bonchev–Trinajstić information content (AvgIpc) is 2.33. The van der Waals surface area contributed by atoms with Crippen LogP contribution in [0, 0.1) is 5.92 Å². The summed E-state index contributed by atoms with van der Waals surface area (Å²) in [5.74, 6) is -2.90. The summed E-state index contributed by atoms with van der Waals surface area (Å²) in [6.45, 7) is 0. The Hall–Kier alpha value is -1.63. The second kappa shape index (κ2) is 7.08. The van der Waals surface area contributed by atoms with Gasteiger partial charge in [-0.2, -0.15) is 0 Å². The van der Waals surface area contributed by atoms with Crippen molar-refractivity contribution in [3.63, 3.8) is 0 Å². The van der Waals surface area contributed by atoms with E-state index in [1.54, 1.807) is 0 Å². The molecule has 7 heteroatoms. The van der Waals surface area contributed by atoms with E-state index in [0.717, 1.165) is 12.8 Å². The van der Waals surface area contributed by atoms with Crippen molar-refractivity contribution >= 4 is 17.8 Å². The molecule has 0 bridgehead atoms. The molecule has 7 nitrogen and oxygen atoms in total. The summed E-state index contributed by atoms with van der Waals surface area (Å²) >= 11 is 0. The van der Waals surface area contributed by atoms with Crippen molar-refractivity contribution in [2.24, 2.45) is 11.7 Å². The largest absolute Gasteiger partial charge is 0.481 e. The number of aliphatic carboxylic acids is 2. The van der Waals surface area contributed by atoms with E-state index in [-0.39, 0.29) is 30.7 Å². The van der Waals surface area contributed by atoms with Crippen LogP contribution in [0.25, 0.3) is 0 Å². The van der Waals surface area contributed by atoms with E-state index in [0.29, 0.717) is 12.8 Å². The Labute approximate surface area is 111 Å². The van der Waals surface area contributed by atoms with Crippen LogP contribution in [0.4, 0.5) is 0 Å². The molecule has 1 aliphatic carbocycles. The first-order chi connectivity index (χ1) is 8.90. The van der Waals surface area contributed by atoms with Crippen molar-refractivity contribution in [2.45, 2.75) is 50.6 Å². The zero-order valence-electron chi connectivity index (χ0n) is 10.7. The molecule has 1 aliphatic rings. The maximum atomic E-state index is 11.9. The van der Waals surface area contributed by atoms with Gasteiger partial charge in [-0.25, -0.2) is 4.79 Å². The molecular weight excluding hydrogens is 252 g/mol. The molecule has 5 N–H and O–H groups in total. The Bertz CT molecular complexity index is 358. The number of nitrogens with two attached hydrogens (primary N) is 1. The zero-order chi connectivity index (χ0) is 14.4. The Balaban J connectivity index is 2.50. The molecule has 2 unspecified atom stereocenters. The molecule has 1 amide bonds. The summed E-state index contributed by atoms with van der Waals surface area (Å²) in [6, 6.07) is -1.17. The number of carboxylic acid groups (broad SMARTS) is 2. The third-order valence-electron chi connectivity index (χ3n) is 3.35. The first-order valence-electron chi connectivity index (χ1n) is 6.40. The van der Waals surface area contributed by atoms with E-state index >= 15 is 0 Å². The smallest absolute Gasteiger partial charge is 0.326 e. The van der Waals surface area contributed by atoms with Crippen molar-refractivity contribution in [2.75, 3.05) is 0 Å².